The highest BCUT2D eigenvalue weighted by molar-refractivity contribution is 7.10. The summed E-state index contributed by atoms with van der Waals surface area (Å²) in [5.41, 5.74) is 1.08. The van der Waals surface area contributed by atoms with Crippen molar-refractivity contribution in [2.75, 3.05) is 26.2 Å². The predicted octanol–water partition coefficient (Wildman–Crippen LogP) is 4.92. The Hall–Kier alpha value is -2.41. The molecule has 2 aromatic rings. The molecule has 0 saturated heterocycles. The molecule has 0 bridgehead atoms. The molecule has 1 atom stereocenters. The van der Waals surface area contributed by atoms with Crippen molar-refractivity contribution in [3.8, 4) is 5.75 Å². The molecule has 0 fully saturated rings. The van der Waals surface area contributed by atoms with Crippen LogP contribution in [0.4, 0.5) is 4.39 Å². The molecule has 0 spiro atoms. The molecule has 2 amide bonds. The average molecular weight is 461 g/mol. The molecule has 2 heterocycles. The van der Waals surface area contributed by atoms with Crippen LogP contribution in [0.25, 0.3) is 0 Å². The van der Waals surface area contributed by atoms with E-state index < -0.39 is 0 Å². The first kappa shape index (κ1) is 24.2. The molecule has 1 aliphatic heterocycles. The lowest BCUT2D eigenvalue weighted by atomic mass is 10.00. The fraction of sp³-hybridized carbons (Fsp3) is 0.520. The molecule has 1 aromatic carbocycles. The SMILES string of the molecule is CC(C)CCN(CC(=O)N1CCc2sccc2[C@@H]1COc1cccc(F)c1)C(=O)C(C)C. The van der Waals surface area contributed by atoms with Gasteiger partial charge in [0.05, 0.1) is 12.6 Å². The highest BCUT2D eigenvalue weighted by atomic mass is 32.1. The Labute approximate surface area is 194 Å². The lowest BCUT2D eigenvalue weighted by Gasteiger charge is -2.37. The molecule has 5 nitrogen and oxygen atoms in total. The van der Waals surface area contributed by atoms with Gasteiger partial charge in [0.15, 0.2) is 0 Å². The van der Waals surface area contributed by atoms with Crippen LogP contribution in [0.3, 0.4) is 0 Å². The van der Waals surface area contributed by atoms with Gasteiger partial charge in [0, 0.05) is 30.0 Å². The Morgan fingerprint density at radius 3 is 2.72 bits per heavy atom. The summed E-state index contributed by atoms with van der Waals surface area (Å²) in [5, 5.41) is 2.03. The van der Waals surface area contributed by atoms with E-state index in [-0.39, 0.29) is 42.7 Å². The minimum Gasteiger partial charge on any atom is -0.491 e. The van der Waals surface area contributed by atoms with Gasteiger partial charge in [0.1, 0.15) is 18.2 Å². The Morgan fingerprint density at radius 1 is 1.25 bits per heavy atom. The largest absolute Gasteiger partial charge is 0.491 e. The van der Waals surface area contributed by atoms with E-state index in [9.17, 15) is 14.0 Å². The smallest absolute Gasteiger partial charge is 0.242 e. The third kappa shape index (κ3) is 6.09. The van der Waals surface area contributed by atoms with E-state index in [1.54, 1.807) is 28.4 Å². The Balaban J connectivity index is 1.76. The molecule has 174 valence electrons. The molecule has 1 aromatic heterocycles. The van der Waals surface area contributed by atoms with E-state index in [4.69, 9.17) is 4.74 Å². The first-order chi connectivity index (χ1) is 15.3. The maximum atomic E-state index is 13.6. The predicted molar refractivity (Wildman–Crippen MR) is 125 cm³/mol. The van der Waals surface area contributed by atoms with Crippen molar-refractivity contribution >= 4 is 23.2 Å². The molecule has 0 radical (unpaired) electrons. The van der Waals surface area contributed by atoms with Crippen LogP contribution >= 0.6 is 11.3 Å². The third-order valence-corrected chi connectivity index (χ3v) is 6.72. The second-order valence-electron chi connectivity index (χ2n) is 9.02. The number of rotatable bonds is 9. The molecule has 0 unspecified atom stereocenters. The van der Waals surface area contributed by atoms with Gasteiger partial charge in [0.2, 0.25) is 11.8 Å². The van der Waals surface area contributed by atoms with Gasteiger partial charge >= 0.3 is 0 Å². The van der Waals surface area contributed by atoms with Gasteiger partial charge in [-0.3, -0.25) is 9.59 Å². The normalized spacial score (nSPS) is 15.7. The standard InChI is InChI=1S/C25H33FN2O3S/c1-17(2)8-11-27(25(30)18(3)4)15-24(29)28-12-9-23-21(10-13-32-23)22(28)16-31-20-7-5-6-19(26)14-20/h5-7,10,13-14,17-18,22H,8-9,11-12,15-16H2,1-4H3/t22-/m0/s1. The Kier molecular flexibility index (Phi) is 8.29. The summed E-state index contributed by atoms with van der Waals surface area (Å²) >= 11 is 1.68. The van der Waals surface area contributed by atoms with Crippen LogP contribution in [0.5, 0.6) is 5.75 Å². The molecular weight excluding hydrogens is 427 g/mol. The number of benzene rings is 1. The summed E-state index contributed by atoms with van der Waals surface area (Å²) in [6, 6.07) is 7.81. The molecule has 7 heteroatoms. The Bertz CT molecular complexity index is 927. The average Bonchev–Trinajstić information content (AvgIpc) is 3.23. The minimum atomic E-state index is -0.358. The van der Waals surface area contributed by atoms with Gasteiger partial charge < -0.3 is 14.5 Å². The van der Waals surface area contributed by atoms with Gasteiger partial charge in [-0.1, -0.05) is 33.8 Å². The van der Waals surface area contributed by atoms with Crippen molar-refractivity contribution in [1.82, 2.24) is 9.80 Å². The van der Waals surface area contributed by atoms with Crippen LogP contribution in [0.15, 0.2) is 35.7 Å². The lowest BCUT2D eigenvalue weighted by Crippen LogP contribution is -2.48. The number of hydrogen-bond donors (Lipinski definition) is 0. The zero-order valence-electron chi connectivity index (χ0n) is 19.3. The van der Waals surface area contributed by atoms with Crippen molar-refractivity contribution in [3.63, 3.8) is 0 Å². The first-order valence-electron chi connectivity index (χ1n) is 11.3. The second kappa shape index (κ2) is 10.9. The monoisotopic (exact) mass is 460 g/mol. The van der Waals surface area contributed by atoms with Crippen molar-refractivity contribution in [1.29, 1.82) is 0 Å². The summed E-state index contributed by atoms with van der Waals surface area (Å²) in [6.07, 6.45) is 1.64. The molecule has 0 N–H and O–H groups in total. The van der Waals surface area contributed by atoms with E-state index in [2.05, 4.69) is 13.8 Å². The molecular formula is C25H33FN2O3S. The van der Waals surface area contributed by atoms with Crippen LogP contribution in [-0.2, 0) is 16.0 Å². The van der Waals surface area contributed by atoms with Crippen molar-refractivity contribution in [2.45, 2.75) is 46.6 Å². The van der Waals surface area contributed by atoms with Gasteiger partial charge in [-0.25, -0.2) is 4.39 Å². The number of fused-ring (bicyclic) bond motifs is 1. The fourth-order valence-electron chi connectivity index (χ4n) is 3.91. The fourth-order valence-corrected chi connectivity index (χ4v) is 4.84. The topological polar surface area (TPSA) is 49.9 Å². The number of carbonyl (C=O) groups excluding carboxylic acids is 2. The van der Waals surface area contributed by atoms with Crippen LogP contribution in [0.1, 0.15) is 50.6 Å². The van der Waals surface area contributed by atoms with E-state index in [0.29, 0.717) is 24.8 Å². The first-order valence-corrected chi connectivity index (χ1v) is 12.2. The van der Waals surface area contributed by atoms with E-state index in [0.717, 1.165) is 18.4 Å². The molecule has 32 heavy (non-hydrogen) atoms. The molecule has 0 aliphatic carbocycles. The number of carbonyl (C=O) groups is 2. The number of amides is 2. The number of ether oxygens (including phenoxy) is 1. The Morgan fingerprint density at radius 2 is 2.03 bits per heavy atom. The van der Waals surface area contributed by atoms with Crippen LogP contribution < -0.4 is 4.74 Å². The summed E-state index contributed by atoms with van der Waals surface area (Å²) in [7, 11) is 0. The number of nitrogens with zero attached hydrogens (tertiary/aromatic N) is 2. The zero-order chi connectivity index (χ0) is 23.3. The highest BCUT2D eigenvalue weighted by Gasteiger charge is 2.33. The van der Waals surface area contributed by atoms with Crippen LogP contribution in [-0.4, -0.2) is 47.9 Å². The van der Waals surface area contributed by atoms with Crippen molar-refractivity contribution in [2.24, 2.45) is 11.8 Å². The maximum absolute atomic E-state index is 13.6. The highest BCUT2D eigenvalue weighted by Crippen LogP contribution is 2.34. The van der Waals surface area contributed by atoms with Gasteiger partial charge in [-0.2, -0.15) is 0 Å². The number of hydrogen-bond acceptors (Lipinski definition) is 4. The zero-order valence-corrected chi connectivity index (χ0v) is 20.2. The summed E-state index contributed by atoms with van der Waals surface area (Å²) < 4.78 is 19.5. The number of thiophene rings is 1. The second-order valence-corrected chi connectivity index (χ2v) is 10.0. The van der Waals surface area contributed by atoms with Crippen molar-refractivity contribution < 1.29 is 18.7 Å². The van der Waals surface area contributed by atoms with Gasteiger partial charge in [-0.05, 0) is 47.9 Å². The molecule has 0 saturated carbocycles. The quantitative estimate of drug-likeness (QED) is 0.534. The van der Waals surface area contributed by atoms with Crippen LogP contribution in [0.2, 0.25) is 0 Å². The van der Waals surface area contributed by atoms with E-state index in [1.165, 1.54) is 17.0 Å². The number of halogens is 1. The maximum Gasteiger partial charge on any atom is 0.242 e. The summed E-state index contributed by atoms with van der Waals surface area (Å²) in [4.78, 5) is 30.9. The molecule has 3 rings (SSSR count). The van der Waals surface area contributed by atoms with Gasteiger partial charge in [-0.15, -0.1) is 11.3 Å². The van der Waals surface area contributed by atoms with Gasteiger partial charge in [0.25, 0.3) is 0 Å². The van der Waals surface area contributed by atoms with Crippen molar-refractivity contribution in [3.05, 3.63) is 52.0 Å². The van der Waals surface area contributed by atoms with E-state index in [1.807, 2.05) is 30.2 Å². The summed E-state index contributed by atoms with van der Waals surface area (Å²) in [6.45, 7) is 9.42. The van der Waals surface area contributed by atoms with E-state index >= 15 is 0 Å². The molecule has 1 aliphatic rings. The third-order valence-electron chi connectivity index (χ3n) is 5.73. The van der Waals surface area contributed by atoms with Crippen LogP contribution in [0, 0.1) is 17.7 Å². The lowest BCUT2D eigenvalue weighted by molar-refractivity contribution is -0.144. The minimum absolute atomic E-state index is 0.000192. The summed E-state index contributed by atoms with van der Waals surface area (Å²) in [5.74, 6) is 0.291.